The Morgan fingerprint density at radius 1 is 0.941 bits per heavy atom. The molecule has 3 amide bonds. The van der Waals surface area contributed by atoms with E-state index in [9.17, 15) is 14.4 Å². The predicted octanol–water partition coefficient (Wildman–Crippen LogP) is 2.42. The first kappa shape index (κ1) is 24.0. The van der Waals surface area contributed by atoms with Crippen molar-refractivity contribution in [3.63, 3.8) is 0 Å². The van der Waals surface area contributed by atoms with E-state index in [2.05, 4.69) is 10.2 Å². The minimum Gasteiger partial charge on any atom is -0.492 e. The first-order valence-electron chi connectivity index (χ1n) is 11.6. The predicted molar refractivity (Wildman–Crippen MR) is 130 cm³/mol. The molecule has 9 heteroatoms. The number of benzene rings is 2. The summed E-state index contributed by atoms with van der Waals surface area (Å²) in [6.07, 6.45) is 1.42. The number of ether oxygens (including phenoxy) is 1. The van der Waals surface area contributed by atoms with Gasteiger partial charge in [-0.05, 0) is 55.0 Å². The van der Waals surface area contributed by atoms with E-state index >= 15 is 0 Å². The van der Waals surface area contributed by atoms with Crippen LogP contribution in [0.5, 0.6) is 5.75 Å². The zero-order valence-corrected chi connectivity index (χ0v) is 19.8. The molecule has 2 aromatic rings. The summed E-state index contributed by atoms with van der Waals surface area (Å²) in [6, 6.07) is 14.2. The minimum atomic E-state index is -0.300. The second-order valence-electron chi connectivity index (χ2n) is 8.40. The van der Waals surface area contributed by atoms with Crippen LogP contribution < -0.4 is 15.0 Å². The lowest BCUT2D eigenvalue weighted by atomic mass is 10.2. The Morgan fingerprint density at radius 3 is 2.29 bits per heavy atom. The maximum atomic E-state index is 12.5. The van der Waals surface area contributed by atoms with E-state index in [0.717, 1.165) is 37.5 Å². The van der Waals surface area contributed by atoms with Crippen molar-refractivity contribution in [2.45, 2.75) is 12.8 Å². The van der Waals surface area contributed by atoms with Crippen molar-refractivity contribution in [3.05, 3.63) is 59.1 Å². The lowest BCUT2D eigenvalue weighted by Gasteiger charge is -2.34. The van der Waals surface area contributed by atoms with Crippen LogP contribution in [0.3, 0.4) is 0 Å². The van der Waals surface area contributed by atoms with E-state index in [1.807, 2.05) is 12.1 Å². The van der Waals surface area contributed by atoms with E-state index < -0.39 is 0 Å². The highest BCUT2D eigenvalue weighted by Crippen LogP contribution is 2.21. The summed E-state index contributed by atoms with van der Waals surface area (Å²) in [6.45, 7) is 4.78. The fraction of sp³-hybridized carbons (Fsp3) is 0.400. The molecule has 2 aliphatic rings. The van der Waals surface area contributed by atoms with Crippen LogP contribution in [-0.2, 0) is 9.59 Å². The van der Waals surface area contributed by atoms with Crippen LogP contribution in [0.15, 0.2) is 48.5 Å². The van der Waals surface area contributed by atoms with E-state index in [1.165, 1.54) is 0 Å². The number of hydrogen-bond acceptors (Lipinski definition) is 5. The molecule has 2 saturated heterocycles. The Labute approximate surface area is 204 Å². The Morgan fingerprint density at radius 2 is 1.65 bits per heavy atom. The number of carbonyl (C=O) groups excluding carboxylic acids is 3. The van der Waals surface area contributed by atoms with E-state index in [1.54, 1.807) is 46.2 Å². The Bertz CT molecular complexity index is 1000. The zero-order chi connectivity index (χ0) is 23.9. The molecule has 0 spiro atoms. The first-order valence-corrected chi connectivity index (χ1v) is 11.9. The van der Waals surface area contributed by atoms with Gasteiger partial charge < -0.3 is 19.9 Å². The fourth-order valence-electron chi connectivity index (χ4n) is 4.13. The molecular weight excluding hydrogens is 456 g/mol. The maximum Gasteiger partial charge on any atom is 0.251 e. The molecular formula is C25H29ClN4O4. The minimum absolute atomic E-state index is 0.0368. The second kappa shape index (κ2) is 11.4. The van der Waals surface area contributed by atoms with Crippen molar-refractivity contribution >= 4 is 35.0 Å². The molecule has 1 N–H and O–H groups in total. The van der Waals surface area contributed by atoms with Gasteiger partial charge in [-0.25, -0.2) is 0 Å². The highest BCUT2D eigenvalue weighted by Gasteiger charge is 2.23. The van der Waals surface area contributed by atoms with Crippen molar-refractivity contribution in [2.24, 2.45) is 0 Å². The molecule has 0 aromatic heterocycles. The van der Waals surface area contributed by atoms with Crippen LogP contribution in [0.25, 0.3) is 0 Å². The number of nitrogens with zero attached hydrogens (tertiary/aromatic N) is 3. The lowest BCUT2D eigenvalue weighted by Crippen LogP contribution is -2.51. The quantitative estimate of drug-likeness (QED) is 0.622. The summed E-state index contributed by atoms with van der Waals surface area (Å²) < 4.78 is 5.74. The van der Waals surface area contributed by atoms with E-state index in [-0.39, 0.29) is 24.3 Å². The van der Waals surface area contributed by atoms with Gasteiger partial charge in [0.05, 0.1) is 6.54 Å². The van der Waals surface area contributed by atoms with Crippen LogP contribution in [-0.4, -0.2) is 79.9 Å². The summed E-state index contributed by atoms with van der Waals surface area (Å²) in [5.74, 6) is 0.500. The molecule has 2 aromatic carbocycles. The van der Waals surface area contributed by atoms with Crippen LogP contribution >= 0.6 is 11.6 Å². The summed E-state index contributed by atoms with van der Waals surface area (Å²) in [5, 5.41) is 3.39. The monoisotopic (exact) mass is 484 g/mol. The van der Waals surface area contributed by atoms with Gasteiger partial charge in [-0.3, -0.25) is 19.3 Å². The number of piperazine rings is 1. The second-order valence-corrected chi connectivity index (χ2v) is 8.84. The number of hydrogen-bond donors (Lipinski definition) is 1. The van der Waals surface area contributed by atoms with Gasteiger partial charge in [0.15, 0.2) is 0 Å². The Kier molecular flexibility index (Phi) is 8.03. The van der Waals surface area contributed by atoms with E-state index in [4.69, 9.17) is 16.3 Å². The summed E-state index contributed by atoms with van der Waals surface area (Å²) in [4.78, 5) is 42.6. The molecule has 0 unspecified atom stereocenters. The number of carbonyl (C=O) groups is 3. The van der Waals surface area contributed by atoms with Crippen molar-refractivity contribution in [3.8, 4) is 5.75 Å². The van der Waals surface area contributed by atoms with Crippen molar-refractivity contribution < 1.29 is 19.1 Å². The van der Waals surface area contributed by atoms with Gasteiger partial charge in [-0.2, -0.15) is 0 Å². The number of amides is 3. The first-order chi connectivity index (χ1) is 16.5. The molecule has 180 valence electrons. The molecule has 0 aliphatic carbocycles. The third-order valence-electron chi connectivity index (χ3n) is 6.13. The summed E-state index contributed by atoms with van der Waals surface area (Å²) >= 11 is 5.88. The van der Waals surface area contributed by atoms with Crippen molar-refractivity contribution in [2.75, 3.05) is 57.3 Å². The smallest absolute Gasteiger partial charge is 0.251 e. The molecule has 0 saturated carbocycles. The number of nitrogens with one attached hydrogen (secondary N) is 1. The SMILES string of the molecule is O=C(NCC(=O)N1CCN(CCOc2ccc(Cl)cc2)CC1)c1ccc(N2CCCC2=O)cc1. The number of rotatable bonds is 8. The van der Waals surface area contributed by atoms with Crippen LogP contribution in [0.1, 0.15) is 23.2 Å². The largest absolute Gasteiger partial charge is 0.492 e. The van der Waals surface area contributed by atoms with Crippen LogP contribution in [0, 0.1) is 0 Å². The van der Waals surface area contributed by atoms with E-state index in [0.29, 0.717) is 43.2 Å². The molecule has 0 radical (unpaired) electrons. The molecule has 2 fully saturated rings. The molecule has 8 nitrogen and oxygen atoms in total. The van der Waals surface area contributed by atoms with Crippen LogP contribution in [0.4, 0.5) is 5.69 Å². The lowest BCUT2D eigenvalue weighted by molar-refractivity contribution is -0.131. The Balaban J connectivity index is 1.15. The molecule has 0 bridgehead atoms. The van der Waals surface area contributed by atoms with Crippen molar-refractivity contribution in [1.82, 2.24) is 15.1 Å². The van der Waals surface area contributed by atoms with Gasteiger partial charge >= 0.3 is 0 Å². The topological polar surface area (TPSA) is 82.2 Å². The van der Waals surface area contributed by atoms with Gasteiger partial charge in [0.2, 0.25) is 11.8 Å². The van der Waals surface area contributed by atoms with Gasteiger partial charge in [0.25, 0.3) is 5.91 Å². The van der Waals surface area contributed by atoms with Gasteiger partial charge in [0.1, 0.15) is 12.4 Å². The third-order valence-corrected chi connectivity index (χ3v) is 6.38. The normalized spacial score (nSPS) is 16.6. The molecule has 4 rings (SSSR count). The standard InChI is InChI=1S/C25H29ClN4O4/c26-20-5-9-22(10-6-20)34-17-16-28-12-14-29(15-13-28)24(32)18-27-25(33)19-3-7-21(8-4-19)30-11-1-2-23(30)31/h3-10H,1-2,11-18H2,(H,27,33). The highest BCUT2D eigenvalue weighted by atomic mass is 35.5. The molecule has 2 heterocycles. The highest BCUT2D eigenvalue weighted by molar-refractivity contribution is 6.30. The molecule has 2 aliphatic heterocycles. The van der Waals surface area contributed by atoms with Crippen LogP contribution in [0.2, 0.25) is 5.02 Å². The number of anilines is 1. The van der Waals surface area contributed by atoms with Gasteiger partial charge in [-0.15, -0.1) is 0 Å². The van der Waals surface area contributed by atoms with Gasteiger partial charge in [0, 0.05) is 62.0 Å². The fourth-order valence-corrected chi connectivity index (χ4v) is 4.25. The third kappa shape index (κ3) is 6.27. The van der Waals surface area contributed by atoms with Crippen molar-refractivity contribution in [1.29, 1.82) is 0 Å². The average molecular weight is 485 g/mol. The number of halogens is 1. The maximum absolute atomic E-state index is 12.5. The summed E-state index contributed by atoms with van der Waals surface area (Å²) in [7, 11) is 0. The van der Waals surface area contributed by atoms with Gasteiger partial charge in [-0.1, -0.05) is 11.6 Å². The molecule has 34 heavy (non-hydrogen) atoms. The average Bonchev–Trinajstić information content (AvgIpc) is 3.30. The zero-order valence-electron chi connectivity index (χ0n) is 19.0. The summed E-state index contributed by atoms with van der Waals surface area (Å²) in [5.41, 5.74) is 1.26. The Hall–Kier alpha value is -3.10. The molecule has 0 atom stereocenters.